The molecule has 0 saturated heterocycles. The van der Waals surface area contributed by atoms with E-state index in [9.17, 15) is 22.4 Å². The molecule has 0 bridgehead atoms. The summed E-state index contributed by atoms with van der Waals surface area (Å²) >= 11 is 0. The first kappa shape index (κ1) is 20.5. The molecule has 0 unspecified atom stereocenters. The van der Waals surface area contributed by atoms with Crippen LogP contribution in [-0.4, -0.2) is 25.5 Å². The van der Waals surface area contributed by atoms with E-state index < -0.39 is 29.4 Å². The minimum absolute atomic E-state index is 0.0415. The van der Waals surface area contributed by atoms with E-state index >= 15 is 0 Å². The van der Waals surface area contributed by atoms with Gasteiger partial charge in [-0.05, 0) is 37.6 Å². The van der Waals surface area contributed by atoms with Gasteiger partial charge in [-0.3, -0.25) is 4.79 Å². The monoisotopic (exact) mass is 429 g/mol. The van der Waals surface area contributed by atoms with Crippen LogP contribution in [0, 0.1) is 19.7 Å². The van der Waals surface area contributed by atoms with E-state index in [-0.39, 0.29) is 17.2 Å². The first-order chi connectivity index (χ1) is 14.6. The highest BCUT2D eigenvalue weighted by atomic mass is 19.4. The van der Waals surface area contributed by atoms with Crippen LogP contribution in [0.15, 0.2) is 48.5 Å². The maximum Gasteiger partial charge on any atom is 0.433 e. The average Bonchev–Trinajstić information content (AvgIpc) is 3.14. The molecule has 0 saturated carbocycles. The van der Waals surface area contributed by atoms with E-state index in [1.165, 1.54) is 12.1 Å². The minimum Gasteiger partial charge on any atom is -0.319 e. The zero-order valence-electron chi connectivity index (χ0n) is 16.3. The Balaban J connectivity index is 1.77. The first-order valence-electron chi connectivity index (χ1n) is 9.11. The van der Waals surface area contributed by atoms with Crippen molar-refractivity contribution < 1.29 is 22.4 Å². The van der Waals surface area contributed by atoms with Gasteiger partial charge in [-0.2, -0.15) is 22.7 Å². The number of benzene rings is 2. The second kappa shape index (κ2) is 7.46. The molecule has 158 valence electrons. The van der Waals surface area contributed by atoms with Crippen LogP contribution in [0.3, 0.4) is 0 Å². The van der Waals surface area contributed by atoms with E-state index in [0.29, 0.717) is 15.6 Å². The van der Waals surface area contributed by atoms with E-state index in [0.717, 1.165) is 17.7 Å². The fourth-order valence-corrected chi connectivity index (χ4v) is 2.90. The van der Waals surface area contributed by atoms with Crippen molar-refractivity contribution in [3.8, 4) is 11.3 Å². The average molecular weight is 429 g/mol. The molecule has 31 heavy (non-hydrogen) atoms. The van der Waals surface area contributed by atoms with Crippen LogP contribution in [0.5, 0.6) is 0 Å². The number of carbonyl (C=O) groups is 1. The summed E-state index contributed by atoms with van der Waals surface area (Å²) in [6.07, 6.45) is -4.76. The van der Waals surface area contributed by atoms with Crippen molar-refractivity contribution in [2.45, 2.75) is 20.0 Å². The summed E-state index contributed by atoms with van der Waals surface area (Å²) in [5.74, 6) is -2.34. The number of nitrogens with one attached hydrogen (secondary N) is 1. The number of rotatable bonds is 3. The summed E-state index contributed by atoms with van der Waals surface area (Å²) in [4.78, 5) is 20.4. The maximum absolute atomic E-state index is 13.7. The van der Waals surface area contributed by atoms with E-state index in [4.69, 9.17) is 0 Å². The summed E-state index contributed by atoms with van der Waals surface area (Å²) in [7, 11) is 0. The van der Waals surface area contributed by atoms with Gasteiger partial charge in [-0.1, -0.05) is 35.9 Å². The van der Waals surface area contributed by atoms with Crippen molar-refractivity contribution >= 4 is 17.4 Å². The predicted octanol–water partition coefficient (Wildman–Crippen LogP) is 4.82. The van der Waals surface area contributed by atoms with Gasteiger partial charge in [-0.25, -0.2) is 9.37 Å². The molecule has 6 nitrogen and oxygen atoms in total. The fourth-order valence-electron chi connectivity index (χ4n) is 2.90. The quantitative estimate of drug-likeness (QED) is 0.474. The summed E-state index contributed by atoms with van der Waals surface area (Å²) in [5.41, 5.74) is 0.821. The van der Waals surface area contributed by atoms with E-state index in [1.54, 1.807) is 31.2 Å². The highest BCUT2D eigenvalue weighted by Crippen LogP contribution is 2.32. The number of aryl methyl sites for hydroxylation is 2. The number of carbonyl (C=O) groups excluding carboxylic acids is 1. The van der Waals surface area contributed by atoms with Crippen LogP contribution in [0.4, 0.5) is 23.2 Å². The van der Waals surface area contributed by atoms with Crippen molar-refractivity contribution in [1.29, 1.82) is 0 Å². The lowest BCUT2D eigenvalue weighted by atomic mass is 10.1. The SMILES string of the molecule is Cc1ccc(-c2cc(C(F)(F)F)n3nc(C(=O)Nc4ccc(C)c(F)c4)nc3n2)cc1. The molecule has 2 aromatic carbocycles. The topological polar surface area (TPSA) is 72.2 Å². The van der Waals surface area contributed by atoms with Gasteiger partial charge in [0.15, 0.2) is 5.69 Å². The number of fused-ring (bicyclic) bond motifs is 1. The lowest BCUT2D eigenvalue weighted by molar-refractivity contribution is -0.142. The fraction of sp³-hybridized carbons (Fsp3) is 0.143. The first-order valence-corrected chi connectivity index (χ1v) is 9.11. The number of alkyl halides is 3. The lowest BCUT2D eigenvalue weighted by Crippen LogP contribution is -2.16. The van der Waals surface area contributed by atoms with Crippen LogP contribution in [-0.2, 0) is 6.18 Å². The molecule has 0 radical (unpaired) electrons. The van der Waals surface area contributed by atoms with E-state index in [2.05, 4.69) is 20.4 Å². The molecule has 0 aliphatic rings. The van der Waals surface area contributed by atoms with Crippen molar-refractivity contribution in [2.75, 3.05) is 5.32 Å². The highest BCUT2D eigenvalue weighted by Gasteiger charge is 2.36. The summed E-state index contributed by atoms with van der Waals surface area (Å²) < 4.78 is 55.1. The van der Waals surface area contributed by atoms with Crippen molar-refractivity contribution in [3.05, 3.63) is 77.0 Å². The zero-order chi connectivity index (χ0) is 22.3. The molecule has 1 amide bonds. The molecular weight excluding hydrogens is 414 g/mol. The Hall–Kier alpha value is -3.82. The molecule has 0 atom stereocenters. The Kier molecular flexibility index (Phi) is 4.92. The molecular formula is C21H15F4N5O. The molecule has 0 aliphatic heterocycles. The van der Waals surface area contributed by atoms with Gasteiger partial charge in [0.05, 0.1) is 5.69 Å². The van der Waals surface area contributed by atoms with E-state index in [1.807, 2.05) is 6.92 Å². The van der Waals surface area contributed by atoms with Crippen LogP contribution in [0.2, 0.25) is 0 Å². The number of hydrogen-bond donors (Lipinski definition) is 1. The zero-order valence-corrected chi connectivity index (χ0v) is 16.3. The standard InChI is InChI=1S/C21H15F4N5O/c1-11-3-6-13(7-4-11)16-10-17(21(23,24)25)30-20(27-16)28-18(29-30)19(31)26-14-8-5-12(2)15(22)9-14/h3-10H,1-2H3,(H,26,31). The molecule has 10 heteroatoms. The van der Waals surface area contributed by atoms with Crippen LogP contribution < -0.4 is 5.32 Å². The third-order valence-electron chi connectivity index (χ3n) is 4.58. The molecule has 4 rings (SSSR count). The third-order valence-corrected chi connectivity index (χ3v) is 4.58. The van der Waals surface area contributed by atoms with Crippen molar-refractivity contribution in [1.82, 2.24) is 19.6 Å². The molecule has 0 fully saturated rings. The molecule has 2 heterocycles. The van der Waals surface area contributed by atoms with Gasteiger partial charge in [0.25, 0.3) is 11.7 Å². The van der Waals surface area contributed by atoms with Crippen LogP contribution >= 0.6 is 0 Å². The van der Waals surface area contributed by atoms with Crippen LogP contribution in [0.1, 0.15) is 27.4 Å². The summed E-state index contributed by atoms with van der Waals surface area (Å²) in [5, 5.41) is 6.05. The number of nitrogens with zero attached hydrogens (tertiary/aromatic N) is 4. The van der Waals surface area contributed by atoms with Gasteiger partial charge >= 0.3 is 6.18 Å². The number of halogens is 4. The second-order valence-electron chi connectivity index (χ2n) is 6.96. The van der Waals surface area contributed by atoms with Gasteiger partial charge in [0, 0.05) is 11.3 Å². The second-order valence-corrected chi connectivity index (χ2v) is 6.96. The third kappa shape index (κ3) is 4.09. The Morgan fingerprint density at radius 1 is 1.00 bits per heavy atom. The van der Waals surface area contributed by atoms with Gasteiger partial charge in [0.2, 0.25) is 5.82 Å². The summed E-state index contributed by atoms with van der Waals surface area (Å²) in [6.45, 7) is 3.41. The molecule has 0 spiro atoms. The Bertz CT molecular complexity index is 1300. The number of amides is 1. The lowest BCUT2D eigenvalue weighted by Gasteiger charge is -2.10. The number of aromatic nitrogens is 4. The number of anilines is 1. The van der Waals surface area contributed by atoms with Gasteiger partial charge < -0.3 is 5.32 Å². The largest absolute Gasteiger partial charge is 0.433 e. The van der Waals surface area contributed by atoms with Crippen molar-refractivity contribution in [3.63, 3.8) is 0 Å². The molecule has 2 aromatic heterocycles. The Morgan fingerprint density at radius 3 is 2.35 bits per heavy atom. The Labute approximate surface area is 173 Å². The van der Waals surface area contributed by atoms with Crippen molar-refractivity contribution in [2.24, 2.45) is 0 Å². The smallest absolute Gasteiger partial charge is 0.319 e. The Morgan fingerprint density at radius 2 is 1.71 bits per heavy atom. The molecule has 4 aromatic rings. The van der Waals surface area contributed by atoms with Crippen LogP contribution in [0.25, 0.3) is 17.0 Å². The molecule has 0 aliphatic carbocycles. The minimum atomic E-state index is -4.76. The molecule has 1 N–H and O–H groups in total. The van der Waals surface area contributed by atoms with Gasteiger partial charge in [-0.15, -0.1) is 5.10 Å². The maximum atomic E-state index is 13.7. The summed E-state index contributed by atoms with van der Waals surface area (Å²) in [6, 6.07) is 11.6. The highest BCUT2D eigenvalue weighted by molar-refractivity contribution is 6.01. The predicted molar refractivity (Wildman–Crippen MR) is 105 cm³/mol. The normalized spacial score (nSPS) is 11.7. The van der Waals surface area contributed by atoms with Gasteiger partial charge in [0.1, 0.15) is 5.82 Å². The number of hydrogen-bond acceptors (Lipinski definition) is 4.